The third-order valence-electron chi connectivity index (χ3n) is 3.88. The molecular formula is C20H11BrF2N2O3. The molecule has 1 heterocycles. The van der Waals surface area contributed by atoms with Crippen molar-refractivity contribution in [3.05, 3.63) is 85.7 Å². The van der Waals surface area contributed by atoms with Gasteiger partial charge in [0.1, 0.15) is 34.6 Å². The molecule has 0 fully saturated rings. The standard InChI is InChI=1S/C20H11BrF2N2O3/c1-10-7-12(14(9-24)19(26)25-10)13-8-11(21)5-6-17(13)28-20(27)18-15(22)3-2-4-16(18)23/h2-8H,1H3,(H,25,26). The van der Waals surface area contributed by atoms with Crippen molar-refractivity contribution in [2.75, 3.05) is 0 Å². The predicted octanol–water partition coefficient (Wildman–Crippen LogP) is 4.48. The van der Waals surface area contributed by atoms with Crippen LogP contribution in [-0.2, 0) is 0 Å². The Balaban J connectivity index is 2.15. The third kappa shape index (κ3) is 3.70. The molecule has 0 aliphatic heterocycles. The summed E-state index contributed by atoms with van der Waals surface area (Å²) < 4.78 is 33.6. The number of nitriles is 1. The number of nitrogens with zero attached hydrogens (tertiary/aromatic N) is 1. The summed E-state index contributed by atoms with van der Waals surface area (Å²) in [4.78, 5) is 27.0. The Morgan fingerprint density at radius 3 is 2.46 bits per heavy atom. The Morgan fingerprint density at radius 2 is 1.82 bits per heavy atom. The summed E-state index contributed by atoms with van der Waals surface area (Å²) in [5.74, 6) is -3.42. The fourth-order valence-corrected chi connectivity index (χ4v) is 3.02. The summed E-state index contributed by atoms with van der Waals surface area (Å²) >= 11 is 3.28. The first-order chi connectivity index (χ1) is 13.3. The van der Waals surface area contributed by atoms with Crippen molar-refractivity contribution in [2.24, 2.45) is 0 Å². The number of aromatic nitrogens is 1. The van der Waals surface area contributed by atoms with Crippen LogP contribution in [0.3, 0.4) is 0 Å². The van der Waals surface area contributed by atoms with E-state index >= 15 is 0 Å². The molecule has 140 valence electrons. The molecule has 0 radical (unpaired) electrons. The van der Waals surface area contributed by atoms with Crippen LogP contribution in [-0.4, -0.2) is 11.0 Å². The van der Waals surface area contributed by atoms with Gasteiger partial charge in [-0.3, -0.25) is 4.79 Å². The predicted molar refractivity (Wildman–Crippen MR) is 101 cm³/mol. The lowest BCUT2D eigenvalue weighted by Crippen LogP contribution is -2.15. The number of hydrogen-bond acceptors (Lipinski definition) is 4. The number of benzene rings is 2. The summed E-state index contributed by atoms with van der Waals surface area (Å²) in [5.41, 5.74) is -0.671. The molecule has 3 aromatic rings. The molecule has 0 unspecified atom stereocenters. The van der Waals surface area contributed by atoms with Gasteiger partial charge in [0.25, 0.3) is 5.56 Å². The molecule has 1 aromatic heterocycles. The van der Waals surface area contributed by atoms with Crippen molar-refractivity contribution in [3.63, 3.8) is 0 Å². The van der Waals surface area contributed by atoms with Crippen LogP contribution in [0, 0.1) is 29.9 Å². The molecular weight excluding hydrogens is 434 g/mol. The highest BCUT2D eigenvalue weighted by Gasteiger charge is 2.22. The van der Waals surface area contributed by atoms with Crippen molar-refractivity contribution in [1.82, 2.24) is 4.98 Å². The molecule has 0 atom stereocenters. The van der Waals surface area contributed by atoms with E-state index in [9.17, 15) is 23.6 Å². The summed E-state index contributed by atoms with van der Waals surface area (Å²) in [7, 11) is 0. The number of rotatable bonds is 3. The van der Waals surface area contributed by atoms with Gasteiger partial charge < -0.3 is 9.72 Å². The maximum absolute atomic E-state index is 13.9. The minimum Gasteiger partial charge on any atom is -0.422 e. The minimum absolute atomic E-state index is 0.0580. The molecule has 0 aliphatic rings. The lowest BCUT2D eigenvalue weighted by molar-refractivity contribution is 0.0725. The van der Waals surface area contributed by atoms with Crippen LogP contribution in [0.2, 0.25) is 0 Å². The maximum Gasteiger partial charge on any atom is 0.349 e. The van der Waals surface area contributed by atoms with E-state index in [1.807, 2.05) is 6.07 Å². The number of nitrogens with one attached hydrogen (secondary N) is 1. The number of esters is 1. The molecule has 0 aliphatic carbocycles. The van der Waals surface area contributed by atoms with E-state index in [4.69, 9.17) is 4.74 Å². The zero-order valence-electron chi connectivity index (χ0n) is 14.3. The van der Waals surface area contributed by atoms with Crippen molar-refractivity contribution in [2.45, 2.75) is 6.92 Å². The monoisotopic (exact) mass is 444 g/mol. The molecule has 3 rings (SSSR count). The van der Waals surface area contributed by atoms with Crippen LogP contribution in [0.15, 0.2) is 51.7 Å². The maximum atomic E-state index is 13.9. The minimum atomic E-state index is -1.24. The van der Waals surface area contributed by atoms with Crippen LogP contribution >= 0.6 is 15.9 Å². The second-order valence-electron chi connectivity index (χ2n) is 5.81. The topological polar surface area (TPSA) is 82.9 Å². The smallest absolute Gasteiger partial charge is 0.349 e. The Hall–Kier alpha value is -3.31. The van der Waals surface area contributed by atoms with Crippen molar-refractivity contribution in [1.29, 1.82) is 5.26 Å². The zero-order chi connectivity index (χ0) is 20.4. The molecule has 1 N–H and O–H groups in total. The first-order valence-electron chi connectivity index (χ1n) is 7.92. The highest BCUT2D eigenvalue weighted by atomic mass is 79.9. The van der Waals surface area contributed by atoms with Crippen molar-refractivity contribution >= 4 is 21.9 Å². The van der Waals surface area contributed by atoms with E-state index < -0.39 is 28.7 Å². The van der Waals surface area contributed by atoms with Gasteiger partial charge in [-0.05, 0) is 43.3 Å². The van der Waals surface area contributed by atoms with Gasteiger partial charge in [-0.15, -0.1) is 0 Å². The number of carbonyl (C=O) groups is 1. The Kier molecular flexibility index (Phi) is 5.38. The molecule has 2 aromatic carbocycles. The van der Waals surface area contributed by atoms with Crippen molar-refractivity contribution in [3.8, 4) is 22.9 Å². The van der Waals surface area contributed by atoms with Crippen LogP contribution < -0.4 is 10.3 Å². The first-order valence-corrected chi connectivity index (χ1v) is 8.71. The number of ether oxygens (including phenoxy) is 1. The average Bonchev–Trinajstić information content (AvgIpc) is 2.62. The van der Waals surface area contributed by atoms with E-state index in [-0.39, 0.29) is 22.4 Å². The van der Waals surface area contributed by atoms with Crippen LogP contribution in [0.25, 0.3) is 11.1 Å². The lowest BCUT2D eigenvalue weighted by Gasteiger charge is -2.13. The second-order valence-corrected chi connectivity index (χ2v) is 6.72. The Labute approximate surface area is 166 Å². The van der Waals surface area contributed by atoms with Crippen LogP contribution in [0.4, 0.5) is 8.78 Å². The van der Waals surface area contributed by atoms with Gasteiger partial charge in [0, 0.05) is 21.3 Å². The third-order valence-corrected chi connectivity index (χ3v) is 4.37. The number of carbonyl (C=O) groups excluding carboxylic acids is 1. The largest absolute Gasteiger partial charge is 0.422 e. The van der Waals surface area contributed by atoms with E-state index in [0.717, 1.165) is 18.2 Å². The molecule has 0 saturated carbocycles. The van der Waals surface area contributed by atoms with Gasteiger partial charge in [-0.1, -0.05) is 22.0 Å². The van der Waals surface area contributed by atoms with Gasteiger partial charge in [0.2, 0.25) is 0 Å². The fraction of sp³-hybridized carbons (Fsp3) is 0.0500. The molecule has 0 spiro atoms. The Bertz CT molecular complexity index is 1180. The van der Waals surface area contributed by atoms with Gasteiger partial charge in [0.05, 0.1) is 0 Å². The number of halogens is 3. The van der Waals surface area contributed by atoms with Gasteiger partial charge >= 0.3 is 5.97 Å². The summed E-state index contributed by atoms with van der Waals surface area (Å²) in [6.45, 7) is 1.63. The van der Waals surface area contributed by atoms with Gasteiger partial charge in [0.15, 0.2) is 0 Å². The van der Waals surface area contributed by atoms with Crippen LogP contribution in [0.5, 0.6) is 5.75 Å². The quantitative estimate of drug-likeness (QED) is 0.476. The van der Waals surface area contributed by atoms with E-state index in [1.165, 1.54) is 12.1 Å². The molecule has 0 saturated heterocycles. The molecule has 0 amide bonds. The van der Waals surface area contributed by atoms with E-state index in [2.05, 4.69) is 20.9 Å². The molecule has 5 nitrogen and oxygen atoms in total. The number of aromatic amines is 1. The Morgan fingerprint density at radius 1 is 1.14 bits per heavy atom. The number of aryl methyl sites for hydroxylation is 1. The molecule has 0 bridgehead atoms. The van der Waals surface area contributed by atoms with E-state index in [0.29, 0.717) is 10.2 Å². The van der Waals surface area contributed by atoms with E-state index in [1.54, 1.807) is 19.1 Å². The lowest BCUT2D eigenvalue weighted by atomic mass is 10.00. The highest BCUT2D eigenvalue weighted by molar-refractivity contribution is 9.10. The second kappa shape index (κ2) is 7.74. The first kappa shape index (κ1) is 19.5. The van der Waals surface area contributed by atoms with Crippen molar-refractivity contribution < 1.29 is 18.3 Å². The average molecular weight is 445 g/mol. The highest BCUT2D eigenvalue weighted by Crippen LogP contribution is 2.35. The number of pyridine rings is 1. The summed E-state index contributed by atoms with van der Waals surface area (Å²) in [6.07, 6.45) is 0. The number of hydrogen-bond donors (Lipinski definition) is 1. The fourth-order valence-electron chi connectivity index (χ4n) is 2.66. The normalized spacial score (nSPS) is 10.4. The SMILES string of the molecule is Cc1cc(-c2cc(Br)ccc2OC(=O)c2c(F)cccc2F)c(C#N)c(=O)[nH]1. The summed E-state index contributed by atoms with van der Waals surface area (Å²) in [5, 5.41) is 9.36. The van der Waals surface area contributed by atoms with Crippen LogP contribution in [0.1, 0.15) is 21.6 Å². The zero-order valence-corrected chi connectivity index (χ0v) is 15.9. The summed E-state index contributed by atoms with van der Waals surface area (Å²) in [6, 6.07) is 10.9. The molecule has 28 heavy (non-hydrogen) atoms. The van der Waals surface area contributed by atoms with Gasteiger partial charge in [-0.2, -0.15) is 5.26 Å². The molecule has 8 heteroatoms. The van der Waals surface area contributed by atoms with Gasteiger partial charge in [-0.25, -0.2) is 13.6 Å². The number of H-pyrrole nitrogens is 1.